The van der Waals surface area contributed by atoms with Crippen molar-refractivity contribution in [2.45, 2.75) is 20.0 Å². The van der Waals surface area contributed by atoms with Gasteiger partial charge in [0.15, 0.2) is 17.5 Å². The summed E-state index contributed by atoms with van der Waals surface area (Å²) in [6.07, 6.45) is 0. The van der Waals surface area contributed by atoms with Gasteiger partial charge in [-0.2, -0.15) is 0 Å². The van der Waals surface area contributed by atoms with Crippen molar-refractivity contribution < 1.29 is 13.9 Å². The van der Waals surface area contributed by atoms with Gasteiger partial charge in [-0.3, -0.25) is 4.99 Å². The second-order valence-electron chi connectivity index (χ2n) is 5.52. The fourth-order valence-electron chi connectivity index (χ4n) is 2.50. The SMILES string of the molecule is CN=C(NCc1ccc(F)c(C)c1)NCc1cccc(OC)c1OC.I. The first-order chi connectivity index (χ1) is 12.1. The van der Waals surface area contributed by atoms with Crippen molar-refractivity contribution >= 4 is 29.9 Å². The van der Waals surface area contributed by atoms with Crippen LogP contribution in [0, 0.1) is 12.7 Å². The number of hydrogen-bond acceptors (Lipinski definition) is 3. The number of ether oxygens (including phenoxy) is 2. The highest BCUT2D eigenvalue weighted by molar-refractivity contribution is 14.0. The molecule has 0 aliphatic carbocycles. The van der Waals surface area contributed by atoms with Gasteiger partial charge >= 0.3 is 0 Å². The van der Waals surface area contributed by atoms with E-state index in [-0.39, 0.29) is 29.8 Å². The number of guanidine groups is 1. The molecule has 2 rings (SSSR count). The molecule has 0 atom stereocenters. The van der Waals surface area contributed by atoms with Crippen LogP contribution in [0.3, 0.4) is 0 Å². The third-order valence-electron chi connectivity index (χ3n) is 3.84. The predicted octanol–water partition coefficient (Wildman–Crippen LogP) is 3.63. The monoisotopic (exact) mass is 473 g/mol. The maximum absolute atomic E-state index is 13.3. The molecular formula is C19H25FIN3O2. The Labute approximate surface area is 171 Å². The van der Waals surface area contributed by atoms with Crippen LogP contribution >= 0.6 is 24.0 Å². The molecule has 142 valence electrons. The number of para-hydroxylation sites is 1. The number of aliphatic imine (C=N–C) groups is 1. The summed E-state index contributed by atoms with van der Waals surface area (Å²) < 4.78 is 24.1. The molecule has 0 bridgehead atoms. The highest BCUT2D eigenvalue weighted by Gasteiger charge is 2.10. The van der Waals surface area contributed by atoms with Crippen molar-refractivity contribution in [3.63, 3.8) is 0 Å². The minimum atomic E-state index is -0.198. The second kappa shape index (κ2) is 10.8. The number of halogens is 2. The topological polar surface area (TPSA) is 54.9 Å². The summed E-state index contributed by atoms with van der Waals surface area (Å²) in [6, 6.07) is 10.8. The lowest BCUT2D eigenvalue weighted by Crippen LogP contribution is -2.36. The zero-order valence-corrected chi connectivity index (χ0v) is 17.8. The van der Waals surface area contributed by atoms with Gasteiger partial charge in [0.2, 0.25) is 0 Å². The molecule has 0 radical (unpaired) electrons. The first kappa shape index (κ1) is 22.0. The van der Waals surface area contributed by atoms with E-state index in [0.29, 0.717) is 36.1 Å². The minimum Gasteiger partial charge on any atom is -0.493 e. The van der Waals surface area contributed by atoms with Gasteiger partial charge in [-0.05, 0) is 30.2 Å². The van der Waals surface area contributed by atoms with Gasteiger partial charge in [0.1, 0.15) is 5.82 Å². The van der Waals surface area contributed by atoms with E-state index < -0.39 is 0 Å². The van der Waals surface area contributed by atoms with E-state index in [1.165, 1.54) is 6.07 Å². The van der Waals surface area contributed by atoms with Crippen molar-refractivity contribution in [3.8, 4) is 11.5 Å². The molecule has 0 spiro atoms. The fraction of sp³-hybridized carbons (Fsp3) is 0.316. The number of methoxy groups -OCH3 is 2. The smallest absolute Gasteiger partial charge is 0.191 e. The highest BCUT2D eigenvalue weighted by Crippen LogP contribution is 2.30. The molecule has 26 heavy (non-hydrogen) atoms. The third-order valence-corrected chi connectivity index (χ3v) is 3.84. The van der Waals surface area contributed by atoms with Crippen LogP contribution in [0.15, 0.2) is 41.4 Å². The number of rotatable bonds is 6. The number of benzene rings is 2. The van der Waals surface area contributed by atoms with Gasteiger partial charge in [-0.15, -0.1) is 24.0 Å². The average molecular weight is 473 g/mol. The van der Waals surface area contributed by atoms with E-state index in [1.54, 1.807) is 34.3 Å². The van der Waals surface area contributed by atoms with Gasteiger partial charge in [-0.25, -0.2) is 4.39 Å². The standard InChI is InChI=1S/C19H24FN3O2.HI/c1-13-10-14(8-9-16(13)20)11-22-19(21-2)23-12-15-6-5-7-17(24-3)18(15)25-4;/h5-10H,11-12H2,1-4H3,(H2,21,22,23);1H. The number of aryl methyl sites for hydroxylation is 1. The van der Waals surface area contributed by atoms with E-state index >= 15 is 0 Å². The van der Waals surface area contributed by atoms with Gasteiger partial charge in [-0.1, -0.05) is 24.3 Å². The van der Waals surface area contributed by atoms with Crippen LogP contribution in [0.1, 0.15) is 16.7 Å². The Hall–Kier alpha value is -2.03. The molecule has 0 saturated heterocycles. The largest absolute Gasteiger partial charge is 0.493 e. The summed E-state index contributed by atoms with van der Waals surface area (Å²) in [4.78, 5) is 4.20. The lowest BCUT2D eigenvalue weighted by atomic mass is 10.1. The lowest BCUT2D eigenvalue weighted by molar-refractivity contribution is 0.351. The van der Waals surface area contributed by atoms with Gasteiger partial charge in [0, 0.05) is 25.7 Å². The van der Waals surface area contributed by atoms with Crippen LogP contribution in [0.25, 0.3) is 0 Å². The quantitative estimate of drug-likeness (QED) is 0.382. The van der Waals surface area contributed by atoms with Crippen molar-refractivity contribution in [2.75, 3.05) is 21.3 Å². The Kier molecular flexibility index (Phi) is 9.18. The van der Waals surface area contributed by atoms with Gasteiger partial charge < -0.3 is 20.1 Å². The molecule has 0 aliphatic rings. The molecule has 5 nitrogen and oxygen atoms in total. The Morgan fingerprint density at radius 2 is 1.81 bits per heavy atom. The summed E-state index contributed by atoms with van der Waals surface area (Å²) in [6.45, 7) is 2.83. The third kappa shape index (κ3) is 5.76. The minimum absolute atomic E-state index is 0. The number of nitrogens with zero attached hydrogens (tertiary/aromatic N) is 1. The summed E-state index contributed by atoms with van der Waals surface area (Å²) in [5, 5.41) is 6.45. The van der Waals surface area contributed by atoms with Crippen LogP contribution in [-0.4, -0.2) is 27.2 Å². The van der Waals surface area contributed by atoms with E-state index in [1.807, 2.05) is 24.3 Å². The van der Waals surface area contributed by atoms with Crippen LogP contribution in [-0.2, 0) is 13.1 Å². The molecule has 0 heterocycles. The summed E-state index contributed by atoms with van der Waals surface area (Å²) in [5.41, 5.74) is 2.58. The Morgan fingerprint density at radius 3 is 2.42 bits per heavy atom. The Balaban J connectivity index is 0.00000338. The molecule has 0 fully saturated rings. The first-order valence-electron chi connectivity index (χ1n) is 7.98. The van der Waals surface area contributed by atoms with E-state index in [2.05, 4.69) is 15.6 Å². The molecule has 0 aliphatic heterocycles. The van der Waals surface area contributed by atoms with Crippen molar-refractivity contribution in [2.24, 2.45) is 4.99 Å². The summed E-state index contributed by atoms with van der Waals surface area (Å²) in [7, 11) is 4.93. The summed E-state index contributed by atoms with van der Waals surface area (Å²) >= 11 is 0. The molecule has 0 saturated carbocycles. The second-order valence-corrected chi connectivity index (χ2v) is 5.52. The number of hydrogen-bond donors (Lipinski definition) is 2. The predicted molar refractivity (Wildman–Crippen MR) is 113 cm³/mol. The zero-order valence-electron chi connectivity index (χ0n) is 15.4. The number of nitrogens with one attached hydrogen (secondary N) is 2. The molecule has 2 aromatic rings. The Bertz CT molecular complexity index is 754. The molecule has 0 amide bonds. The molecular weight excluding hydrogens is 448 g/mol. The zero-order chi connectivity index (χ0) is 18.2. The summed E-state index contributed by atoms with van der Waals surface area (Å²) in [5.74, 6) is 1.83. The molecule has 0 aromatic heterocycles. The maximum atomic E-state index is 13.3. The van der Waals surface area contributed by atoms with Gasteiger partial charge in [0.05, 0.1) is 14.2 Å². The van der Waals surface area contributed by atoms with Crippen LogP contribution in [0.5, 0.6) is 11.5 Å². The highest BCUT2D eigenvalue weighted by atomic mass is 127. The molecule has 7 heteroatoms. The molecule has 2 aromatic carbocycles. The fourth-order valence-corrected chi connectivity index (χ4v) is 2.50. The normalized spacial score (nSPS) is 10.7. The molecule has 0 unspecified atom stereocenters. The van der Waals surface area contributed by atoms with Crippen LogP contribution in [0.4, 0.5) is 4.39 Å². The van der Waals surface area contributed by atoms with Crippen molar-refractivity contribution in [1.29, 1.82) is 0 Å². The van der Waals surface area contributed by atoms with E-state index in [9.17, 15) is 4.39 Å². The Morgan fingerprint density at radius 1 is 1.08 bits per heavy atom. The maximum Gasteiger partial charge on any atom is 0.191 e. The van der Waals surface area contributed by atoms with E-state index in [0.717, 1.165) is 11.1 Å². The van der Waals surface area contributed by atoms with Crippen LogP contribution < -0.4 is 20.1 Å². The van der Waals surface area contributed by atoms with Gasteiger partial charge in [0.25, 0.3) is 0 Å². The van der Waals surface area contributed by atoms with Crippen molar-refractivity contribution in [3.05, 3.63) is 58.9 Å². The molecule has 2 N–H and O–H groups in total. The average Bonchev–Trinajstić information content (AvgIpc) is 2.64. The van der Waals surface area contributed by atoms with E-state index in [4.69, 9.17) is 9.47 Å². The van der Waals surface area contributed by atoms with Crippen molar-refractivity contribution in [1.82, 2.24) is 10.6 Å². The lowest BCUT2D eigenvalue weighted by Gasteiger charge is -2.15. The first-order valence-corrected chi connectivity index (χ1v) is 7.98. The van der Waals surface area contributed by atoms with Crippen LogP contribution in [0.2, 0.25) is 0 Å².